The number of unbranched alkanes of at least 4 members (excludes halogenated alkanes) is 3. The summed E-state index contributed by atoms with van der Waals surface area (Å²) in [7, 11) is 0. The predicted octanol–water partition coefficient (Wildman–Crippen LogP) is 2.14. The summed E-state index contributed by atoms with van der Waals surface area (Å²) in [6.45, 7) is 2.23. The first-order chi connectivity index (χ1) is 6.66. The monoisotopic (exact) mass is 220 g/mol. The maximum atomic E-state index is 10.3. The molecule has 84 valence electrons. The molecule has 14 heavy (non-hydrogen) atoms. The van der Waals surface area contributed by atoms with Crippen molar-refractivity contribution >= 4 is 17.7 Å². The predicted molar refractivity (Wildman–Crippen MR) is 59.7 cm³/mol. The molecule has 1 atom stereocenters. The fraction of sp³-hybridized carbons (Fsp3) is 0.900. The average molecular weight is 220 g/mol. The lowest BCUT2D eigenvalue weighted by Gasteiger charge is -2.07. The summed E-state index contributed by atoms with van der Waals surface area (Å²) in [5, 5.41) is 17.3. The molecule has 0 aliphatic carbocycles. The van der Waals surface area contributed by atoms with Gasteiger partial charge in [-0.05, 0) is 18.6 Å². The van der Waals surface area contributed by atoms with Crippen LogP contribution in [0, 0.1) is 0 Å². The molecule has 0 saturated carbocycles. The van der Waals surface area contributed by atoms with E-state index in [2.05, 4.69) is 0 Å². The van der Waals surface area contributed by atoms with Crippen LogP contribution in [0.2, 0.25) is 0 Å². The van der Waals surface area contributed by atoms with E-state index in [0.717, 1.165) is 31.4 Å². The number of carboxylic acids is 1. The van der Waals surface area contributed by atoms with E-state index < -0.39 is 5.97 Å². The highest BCUT2D eigenvalue weighted by molar-refractivity contribution is 7.99. The minimum absolute atomic E-state index is 0.213. The molecule has 0 amide bonds. The van der Waals surface area contributed by atoms with Crippen molar-refractivity contribution in [1.82, 2.24) is 0 Å². The molecule has 0 saturated heterocycles. The van der Waals surface area contributed by atoms with Crippen molar-refractivity contribution in [1.29, 1.82) is 0 Å². The van der Waals surface area contributed by atoms with Gasteiger partial charge in [-0.2, -0.15) is 11.8 Å². The summed E-state index contributed by atoms with van der Waals surface area (Å²) in [6.07, 6.45) is 4.46. The van der Waals surface area contributed by atoms with Gasteiger partial charge in [0.2, 0.25) is 0 Å². The van der Waals surface area contributed by atoms with Crippen LogP contribution in [0.4, 0.5) is 0 Å². The zero-order chi connectivity index (χ0) is 10.8. The van der Waals surface area contributed by atoms with Crippen molar-refractivity contribution < 1.29 is 15.0 Å². The van der Waals surface area contributed by atoms with Crippen molar-refractivity contribution in [2.75, 3.05) is 12.4 Å². The molecular formula is C10H20O3S. The van der Waals surface area contributed by atoms with Crippen molar-refractivity contribution in [3.05, 3.63) is 0 Å². The fourth-order valence-corrected chi connectivity index (χ4v) is 2.19. The Hall–Kier alpha value is -0.220. The van der Waals surface area contributed by atoms with E-state index in [1.165, 1.54) is 0 Å². The first-order valence-corrected chi connectivity index (χ1v) is 6.16. The number of thioether (sulfide) groups is 1. The Morgan fingerprint density at radius 3 is 2.50 bits per heavy atom. The molecule has 1 unspecified atom stereocenters. The first-order valence-electron chi connectivity index (χ1n) is 5.11. The molecule has 0 aliphatic heterocycles. The Bertz CT molecular complexity index is 150. The summed E-state index contributed by atoms with van der Waals surface area (Å²) >= 11 is 1.72. The van der Waals surface area contributed by atoms with E-state index in [9.17, 15) is 4.79 Å². The molecule has 3 nitrogen and oxygen atoms in total. The molecule has 0 aromatic rings. The lowest BCUT2D eigenvalue weighted by Crippen LogP contribution is -2.06. The SMILES string of the molecule is CC(CC(=O)O)SCCCCCCO. The van der Waals surface area contributed by atoms with Crippen LogP contribution < -0.4 is 0 Å². The molecule has 0 bridgehead atoms. The lowest BCUT2D eigenvalue weighted by atomic mass is 10.2. The van der Waals surface area contributed by atoms with Crippen LogP contribution in [0.3, 0.4) is 0 Å². The van der Waals surface area contributed by atoms with Gasteiger partial charge in [0.15, 0.2) is 0 Å². The standard InChI is InChI=1S/C10H20O3S/c1-9(8-10(12)13)14-7-5-3-2-4-6-11/h9,11H,2-8H2,1H3,(H,12,13). The third kappa shape index (κ3) is 9.86. The summed E-state index contributed by atoms with van der Waals surface area (Å²) in [5.74, 6) is 0.310. The van der Waals surface area contributed by atoms with Gasteiger partial charge < -0.3 is 10.2 Å². The van der Waals surface area contributed by atoms with E-state index in [1.54, 1.807) is 11.8 Å². The summed E-state index contributed by atoms with van der Waals surface area (Å²) < 4.78 is 0. The van der Waals surface area contributed by atoms with E-state index in [1.807, 2.05) is 6.92 Å². The molecule has 0 radical (unpaired) electrons. The van der Waals surface area contributed by atoms with E-state index in [-0.39, 0.29) is 18.3 Å². The molecule has 0 aromatic heterocycles. The van der Waals surface area contributed by atoms with Crippen LogP contribution in [-0.4, -0.2) is 33.8 Å². The van der Waals surface area contributed by atoms with Gasteiger partial charge in [-0.3, -0.25) is 4.79 Å². The molecule has 0 aromatic carbocycles. The molecule has 2 N–H and O–H groups in total. The number of carboxylic acid groups (broad SMARTS) is 1. The van der Waals surface area contributed by atoms with Gasteiger partial charge >= 0.3 is 5.97 Å². The van der Waals surface area contributed by atoms with Crippen LogP contribution >= 0.6 is 11.8 Å². The topological polar surface area (TPSA) is 57.5 Å². The van der Waals surface area contributed by atoms with Crippen molar-refractivity contribution in [3.8, 4) is 0 Å². The normalized spacial score (nSPS) is 12.7. The zero-order valence-electron chi connectivity index (χ0n) is 8.74. The second-order valence-electron chi connectivity index (χ2n) is 3.42. The van der Waals surface area contributed by atoms with Crippen LogP contribution in [0.1, 0.15) is 39.0 Å². The number of hydrogen-bond acceptors (Lipinski definition) is 3. The van der Waals surface area contributed by atoms with Gasteiger partial charge in [0, 0.05) is 11.9 Å². The summed E-state index contributed by atoms with van der Waals surface area (Å²) in [4.78, 5) is 10.3. The third-order valence-corrected chi connectivity index (χ3v) is 3.18. The Labute approximate surface area is 89.9 Å². The third-order valence-electron chi connectivity index (χ3n) is 1.92. The molecular weight excluding hydrogens is 200 g/mol. The Morgan fingerprint density at radius 1 is 1.29 bits per heavy atom. The second-order valence-corrected chi connectivity index (χ2v) is 4.96. The number of carbonyl (C=O) groups is 1. The second kappa shape index (κ2) is 9.34. The summed E-state index contributed by atoms with van der Waals surface area (Å²) in [5.41, 5.74) is 0. The highest BCUT2D eigenvalue weighted by Gasteiger charge is 2.06. The largest absolute Gasteiger partial charge is 0.481 e. The molecule has 0 aliphatic rings. The highest BCUT2D eigenvalue weighted by atomic mass is 32.2. The van der Waals surface area contributed by atoms with E-state index in [4.69, 9.17) is 10.2 Å². The van der Waals surface area contributed by atoms with Gasteiger partial charge in [-0.25, -0.2) is 0 Å². The van der Waals surface area contributed by atoms with Gasteiger partial charge in [-0.15, -0.1) is 0 Å². The maximum absolute atomic E-state index is 10.3. The first kappa shape index (κ1) is 13.8. The van der Waals surface area contributed by atoms with Gasteiger partial charge in [0.1, 0.15) is 0 Å². The molecule has 0 heterocycles. The van der Waals surface area contributed by atoms with Crippen LogP contribution in [0.25, 0.3) is 0 Å². The Morgan fingerprint density at radius 2 is 1.93 bits per heavy atom. The average Bonchev–Trinajstić information content (AvgIpc) is 2.10. The molecule has 4 heteroatoms. The Balaban J connectivity index is 3.14. The summed E-state index contributed by atoms with van der Waals surface area (Å²) in [6, 6.07) is 0. The zero-order valence-corrected chi connectivity index (χ0v) is 9.55. The van der Waals surface area contributed by atoms with Gasteiger partial charge in [0.05, 0.1) is 6.42 Å². The van der Waals surface area contributed by atoms with Crippen LogP contribution in [0.5, 0.6) is 0 Å². The fourth-order valence-electron chi connectivity index (χ4n) is 1.16. The number of aliphatic hydroxyl groups is 1. The quantitative estimate of drug-likeness (QED) is 0.584. The highest BCUT2D eigenvalue weighted by Crippen LogP contribution is 2.16. The van der Waals surface area contributed by atoms with Crippen LogP contribution in [-0.2, 0) is 4.79 Å². The minimum atomic E-state index is -0.717. The molecule has 0 fully saturated rings. The maximum Gasteiger partial charge on any atom is 0.304 e. The van der Waals surface area contributed by atoms with Crippen LogP contribution in [0.15, 0.2) is 0 Å². The van der Waals surface area contributed by atoms with Crippen molar-refractivity contribution in [2.45, 2.75) is 44.3 Å². The van der Waals surface area contributed by atoms with Gasteiger partial charge in [0.25, 0.3) is 0 Å². The van der Waals surface area contributed by atoms with Gasteiger partial charge in [-0.1, -0.05) is 19.8 Å². The van der Waals surface area contributed by atoms with E-state index in [0.29, 0.717) is 0 Å². The van der Waals surface area contributed by atoms with Crippen molar-refractivity contribution in [2.24, 2.45) is 0 Å². The number of hydrogen-bond donors (Lipinski definition) is 2. The van der Waals surface area contributed by atoms with E-state index >= 15 is 0 Å². The number of rotatable bonds is 9. The molecule has 0 rings (SSSR count). The smallest absolute Gasteiger partial charge is 0.304 e. The Kier molecular flexibility index (Phi) is 9.19. The molecule has 0 spiro atoms. The number of aliphatic carboxylic acids is 1. The minimum Gasteiger partial charge on any atom is -0.481 e. The lowest BCUT2D eigenvalue weighted by molar-refractivity contribution is -0.136. The number of aliphatic hydroxyl groups excluding tert-OH is 1. The van der Waals surface area contributed by atoms with Crippen molar-refractivity contribution in [3.63, 3.8) is 0 Å².